The van der Waals surface area contributed by atoms with Crippen LogP contribution >= 0.6 is 11.6 Å². The molecule has 224 valence electrons. The van der Waals surface area contributed by atoms with Gasteiger partial charge < -0.3 is 20.9 Å². The number of hydrogen-bond donors (Lipinski definition) is 2. The number of amides is 3. The van der Waals surface area contributed by atoms with Crippen molar-refractivity contribution in [3.63, 3.8) is 0 Å². The highest BCUT2D eigenvalue weighted by Crippen LogP contribution is 2.32. The number of primary amides is 1. The Morgan fingerprint density at radius 3 is 2.29 bits per heavy atom. The predicted octanol–water partition coefficient (Wildman–Crippen LogP) is 5.76. The van der Waals surface area contributed by atoms with Gasteiger partial charge in [-0.15, -0.1) is 0 Å². The fourth-order valence-electron chi connectivity index (χ4n) is 6.88. The number of halogens is 1. The molecule has 0 aromatic heterocycles. The number of aliphatic imine (C=N–C) groups is 1. The quantitative estimate of drug-likeness (QED) is 0.433. The van der Waals surface area contributed by atoms with Crippen molar-refractivity contribution in [1.82, 2.24) is 15.1 Å². The van der Waals surface area contributed by atoms with Crippen molar-refractivity contribution in [2.75, 3.05) is 39.3 Å². The maximum absolute atomic E-state index is 12.6. The number of rotatable bonds is 5. The Morgan fingerprint density at radius 2 is 1.66 bits per heavy atom. The number of fused-ring (bicyclic) bond motifs is 1. The third kappa shape index (κ3) is 8.92. The van der Waals surface area contributed by atoms with Gasteiger partial charge in [-0.2, -0.15) is 0 Å². The molecule has 4 aliphatic rings. The Morgan fingerprint density at radius 1 is 1.00 bits per heavy atom. The number of urea groups is 1. The molecule has 3 aliphatic heterocycles. The van der Waals surface area contributed by atoms with Crippen molar-refractivity contribution in [2.45, 2.75) is 71.1 Å². The lowest BCUT2D eigenvalue weighted by molar-refractivity contribution is -0.134. The van der Waals surface area contributed by atoms with Gasteiger partial charge in [-0.1, -0.05) is 30.3 Å². The first-order chi connectivity index (χ1) is 19.9. The van der Waals surface area contributed by atoms with Gasteiger partial charge >= 0.3 is 6.03 Å². The number of nitrogens with two attached hydrogens (primary N) is 1. The molecule has 0 atom stereocenters. The van der Waals surface area contributed by atoms with E-state index in [1.54, 1.807) is 4.90 Å². The van der Waals surface area contributed by atoms with E-state index in [2.05, 4.69) is 33.9 Å². The molecule has 0 bridgehead atoms. The molecule has 1 aliphatic carbocycles. The van der Waals surface area contributed by atoms with E-state index in [0.29, 0.717) is 31.3 Å². The topological polar surface area (TPSA) is 91.0 Å². The SMILES string of the molecule is C=CC1=C(N=CC)Cc2ccc(Cl)cc2CC1.NC(=O)N1CCC(CC(=O)N2CCC(C3CCNCC3)CC2)CC1. The van der Waals surface area contributed by atoms with Crippen LogP contribution in [0.25, 0.3) is 0 Å². The molecule has 0 unspecified atom stereocenters. The number of benzene rings is 1. The summed E-state index contributed by atoms with van der Waals surface area (Å²) in [5, 5.41) is 4.25. The molecule has 0 saturated carbocycles. The summed E-state index contributed by atoms with van der Waals surface area (Å²) >= 11 is 6.03. The fourth-order valence-corrected chi connectivity index (χ4v) is 7.08. The first-order valence-electron chi connectivity index (χ1n) is 15.5. The van der Waals surface area contributed by atoms with Gasteiger partial charge in [0.2, 0.25) is 5.91 Å². The Hall–Kier alpha value is -2.64. The largest absolute Gasteiger partial charge is 0.351 e. The average molecular weight is 582 g/mol. The molecule has 0 radical (unpaired) electrons. The van der Waals surface area contributed by atoms with E-state index in [1.165, 1.54) is 42.4 Å². The predicted molar refractivity (Wildman–Crippen MR) is 168 cm³/mol. The minimum Gasteiger partial charge on any atom is -0.351 e. The van der Waals surface area contributed by atoms with Gasteiger partial charge in [0.25, 0.3) is 0 Å². The maximum Gasteiger partial charge on any atom is 0.314 e. The van der Waals surface area contributed by atoms with Crippen LogP contribution in [-0.2, 0) is 17.6 Å². The van der Waals surface area contributed by atoms with Crippen LogP contribution in [0.3, 0.4) is 0 Å². The van der Waals surface area contributed by atoms with Crippen LogP contribution in [0.2, 0.25) is 5.02 Å². The zero-order valence-electron chi connectivity index (χ0n) is 24.8. The summed E-state index contributed by atoms with van der Waals surface area (Å²) < 4.78 is 0. The summed E-state index contributed by atoms with van der Waals surface area (Å²) in [7, 11) is 0. The number of carbonyl (C=O) groups is 2. The molecule has 3 heterocycles. The third-order valence-corrected chi connectivity index (χ3v) is 9.66. The lowest BCUT2D eigenvalue weighted by Gasteiger charge is -2.38. The summed E-state index contributed by atoms with van der Waals surface area (Å²) in [6, 6.07) is 5.79. The van der Waals surface area contributed by atoms with Crippen molar-refractivity contribution in [2.24, 2.45) is 28.5 Å². The molecule has 8 heteroatoms. The van der Waals surface area contributed by atoms with E-state index >= 15 is 0 Å². The second-order valence-electron chi connectivity index (χ2n) is 11.9. The van der Waals surface area contributed by atoms with Crippen molar-refractivity contribution >= 4 is 29.8 Å². The monoisotopic (exact) mass is 581 g/mol. The number of hydrogen-bond acceptors (Lipinski definition) is 4. The standard InChI is InChI=1S/C18H32N4O2.C15H16ClN/c19-18(24)22-9-3-14(4-10-22)13-17(23)21-11-5-16(6-12-21)15-1-7-20-8-2-15;1-3-11-5-6-12-9-14(16)8-7-13(12)10-15(11)17-4-2/h14-16,20H,1-13H2,(H2,19,24);3-4,7-9H,1,5-6,10H2,2H3. The third-order valence-electron chi connectivity index (χ3n) is 9.42. The fraction of sp³-hybridized carbons (Fsp3) is 0.606. The second kappa shape index (κ2) is 15.5. The summed E-state index contributed by atoms with van der Waals surface area (Å²) in [4.78, 5) is 32.0. The van der Waals surface area contributed by atoms with Crippen LogP contribution in [0.4, 0.5) is 4.79 Å². The van der Waals surface area contributed by atoms with Gasteiger partial charge in [-0.3, -0.25) is 9.79 Å². The lowest BCUT2D eigenvalue weighted by Crippen LogP contribution is -2.44. The zero-order chi connectivity index (χ0) is 29.2. The minimum absolute atomic E-state index is 0.316. The summed E-state index contributed by atoms with van der Waals surface area (Å²) in [5.74, 6) is 2.41. The molecule has 0 spiro atoms. The average Bonchev–Trinajstić information content (AvgIpc) is 3.17. The molecule has 1 aromatic rings. The molecular formula is C33H48ClN5O2. The molecule has 5 rings (SSSR count). The molecule has 3 saturated heterocycles. The van der Waals surface area contributed by atoms with Crippen molar-refractivity contribution in [3.05, 3.63) is 58.3 Å². The first-order valence-corrected chi connectivity index (χ1v) is 15.9. The highest BCUT2D eigenvalue weighted by molar-refractivity contribution is 6.30. The molecule has 3 amide bonds. The van der Waals surface area contributed by atoms with E-state index in [9.17, 15) is 9.59 Å². The highest BCUT2D eigenvalue weighted by atomic mass is 35.5. The van der Waals surface area contributed by atoms with Crippen molar-refractivity contribution < 1.29 is 9.59 Å². The van der Waals surface area contributed by atoms with Gasteiger partial charge in [0.15, 0.2) is 0 Å². The number of nitrogens with zero attached hydrogens (tertiary/aromatic N) is 3. The summed E-state index contributed by atoms with van der Waals surface area (Å²) in [6.45, 7) is 11.4. The van der Waals surface area contributed by atoms with Crippen LogP contribution in [0.15, 0.2) is 47.1 Å². The van der Waals surface area contributed by atoms with Crippen LogP contribution < -0.4 is 11.1 Å². The number of carbonyl (C=O) groups excluding carboxylic acids is 2. The molecule has 7 nitrogen and oxygen atoms in total. The molecule has 3 N–H and O–H groups in total. The van der Waals surface area contributed by atoms with Crippen molar-refractivity contribution in [3.8, 4) is 0 Å². The first kappa shape index (κ1) is 31.3. The Bertz CT molecular complexity index is 1110. The molecular weight excluding hydrogens is 534 g/mol. The van der Waals surface area contributed by atoms with E-state index in [1.807, 2.05) is 25.3 Å². The van der Waals surface area contributed by atoms with E-state index in [-0.39, 0.29) is 6.03 Å². The van der Waals surface area contributed by atoms with Crippen LogP contribution in [0, 0.1) is 17.8 Å². The van der Waals surface area contributed by atoms with Crippen LogP contribution in [0.1, 0.15) is 69.4 Å². The lowest BCUT2D eigenvalue weighted by atomic mass is 9.79. The number of piperidine rings is 3. The van der Waals surface area contributed by atoms with E-state index in [0.717, 1.165) is 80.8 Å². The minimum atomic E-state index is -0.334. The normalized spacial score (nSPS) is 21.2. The number of likely N-dealkylation sites (tertiary alicyclic amines) is 2. The molecule has 1 aromatic carbocycles. The van der Waals surface area contributed by atoms with Crippen LogP contribution in [-0.4, -0.2) is 67.2 Å². The number of allylic oxidation sites excluding steroid dienone is 3. The van der Waals surface area contributed by atoms with E-state index in [4.69, 9.17) is 17.3 Å². The number of aryl methyl sites for hydroxylation is 1. The molecule has 3 fully saturated rings. The smallest absolute Gasteiger partial charge is 0.314 e. The van der Waals surface area contributed by atoms with Gasteiger partial charge in [-0.05, 0) is 118 Å². The van der Waals surface area contributed by atoms with Gasteiger partial charge in [0, 0.05) is 56.0 Å². The highest BCUT2D eigenvalue weighted by Gasteiger charge is 2.31. The molecule has 41 heavy (non-hydrogen) atoms. The Balaban J connectivity index is 0.000000201. The Labute approximate surface area is 251 Å². The zero-order valence-corrected chi connectivity index (χ0v) is 25.5. The number of nitrogens with one attached hydrogen (secondary N) is 1. The van der Waals surface area contributed by atoms with Crippen molar-refractivity contribution in [1.29, 1.82) is 0 Å². The summed E-state index contributed by atoms with van der Waals surface area (Å²) in [6.07, 6.45) is 14.1. The second-order valence-corrected chi connectivity index (χ2v) is 12.4. The van der Waals surface area contributed by atoms with E-state index < -0.39 is 0 Å². The van der Waals surface area contributed by atoms with Gasteiger partial charge in [0.05, 0.1) is 0 Å². The van der Waals surface area contributed by atoms with Crippen LogP contribution in [0.5, 0.6) is 0 Å². The Kier molecular flexibility index (Phi) is 11.9. The summed E-state index contributed by atoms with van der Waals surface area (Å²) in [5.41, 5.74) is 10.3. The maximum atomic E-state index is 12.6. The van der Waals surface area contributed by atoms with Gasteiger partial charge in [0.1, 0.15) is 0 Å². The van der Waals surface area contributed by atoms with Gasteiger partial charge in [-0.25, -0.2) is 4.79 Å².